The van der Waals surface area contributed by atoms with E-state index in [4.69, 9.17) is 0 Å². The summed E-state index contributed by atoms with van der Waals surface area (Å²) in [4.78, 5) is 16.0. The molecule has 5 heteroatoms. The molecule has 0 aromatic rings. The van der Waals surface area contributed by atoms with E-state index < -0.39 is 0 Å². The monoisotopic (exact) mass is 277 g/mol. The summed E-state index contributed by atoms with van der Waals surface area (Å²) in [6.07, 6.45) is 3.56. The van der Waals surface area contributed by atoms with Crippen molar-refractivity contribution in [1.29, 1.82) is 0 Å². The zero-order valence-corrected chi connectivity index (χ0v) is 12.9. The van der Waals surface area contributed by atoms with Crippen molar-refractivity contribution in [3.05, 3.63) is 0 Å². The summed E-state index contributed by atoms with van der Waals surface area (Å²) in [6, 6.07) is 0.834. The lowest BCUT2D eigenvalue weighted by atomic mass is 10.1. The molecule has 1 unspecified atom stereocenters. The van der Waals surface area contributed by atoms with E-state index in [0.29, 0.717) is 12.6 Å². The van der Waals surface area contributed by atoms with E-state index in [0.717, 1.165) is 19.5 Å². The Morgan fingerprint density at radius 1 is 1.28 bits per heavy atom. The van der Waals surface area contributed by atoms with Gasteiger partial charge < -0.3 is 10.2 Å². The summed E-state index contributed by atoms with van der Waals surface area (Å²) in [5.41, 5.74) is 0. The van der Waals surface area contributed by atoms with Gasteiger partial charge in [-0.2, -0.15) is 0 Å². The van der Waals surface area contributed by atoms with Crippen molar-refractivity contribution in [2.75, 3.05) is 33.7 Å². The third-order valence-electron chi connectivity index (χ3n) is 3.72. The average molecular weight is 278 g/mol. The van der Waals surface area contributed by atoms with Crippen LogP contribution in [0.1, 0.15) is 33.1 Å². The Morgan fingerprint density at radius 2 is 1.94 bits per heavy atom. The number of nitrogens with zero attached hydrogens (tertiary/aromatic N) is 2. The SMILES string of the molecule is CC(C)N(C)C(=O)CN(C)C1CCCNCC1.Cl. The van der Waals surface area contributed by atoms with Crippen molar-refractivity contribution in [3.63, 3.8) is 0 Å². The highest BCUT2D eigenvalue weighted by Gasteiger charge is 2.20. The van der Waals surface area contributed by atoms with Crippen molar-refractivity contribution in [2.45, 2.75) is 45.2 Å². The lowest BCUT2D eigenvalue weighted by Gasteiger charge is -2.29. The Hall–Kier alpha value is -0.320. The molecular weight excluding hydrogens is 250 g/mol. The molecule has 4 nitrogen and oxygen atoms in total. The fourth-order valence-corrected chi connectivity index (χ4v) is 2.18. The van der Waals surface area contributed by atoms with Crippen molar-refractivity contribution < 1.29 is 4.79 Å². The zero-order chi connectivity index (χ0) is 12.8. The second-order valence-electron chi connectivity index (χ2n) is 5.35. The zero-order valence-electron chi connectivity index (χ0n) is 12.1. The summed E-state index contributed by atoms with van der Waals surface area (Å²) in [7, 11) is 3.96. The van der Waals surface area contributed by atoms with Gasteiger partial charge in [-0.25, -0.2) is 0 Å². The molecule has 18 heavy (non-hydrogen) atoms. The lowest BCUT2D eigenvalue weighted by molar-refractivity contribution is -0.132. The van der Waals surface area contributed by atoms with Crippen molar-refractivity contribution in [1.82, 2.24) is 15.1 Å². The number of hydrogen-bond acceptors (Lipinski definition) is 3. The molecule has 1 saturated heterocycles. The molecule has 1 atom stereocenters. The minimum atomic E-state index is 0. The molecule has 108 valence electrons. The van der Waals surface area contributed by atoms with E-state index in [-0.39, 0.29) is 24.4 Å². The Labute approximate surface area is 117 Å². The molecule has 0 saturated carbocycles. The van der Waals surface area contributed by atoms with Crippen LogP contribution in [0.25, 0.3) is 0 Å². The molecule has 1 amide bonds. The van der Waals surface area contributed by atoms with Crippen LogP contribution in [0.4, 0.5) is 0 Å². The minimum absolute atomic E-state index is 0. The molecule has 0 spiro atoms. The predicted molar refractivity (Wildman–Crippen MR) is 78.3 cm³/mol. The van der Waals surface area contributed by atoms with Crippen LogP contribution in [0.15, 0.2) is 0 Å². The van der Waals surface area contributed by atoms with Crippen LogP contribution in [0, 0.1) is 0 Å². The standard InChI is InChI=1S/C13H27N3O.ClH/c1-11(2)16(4)13(17)10-15(3)12-6-5-8-14-9-7-12;/h11-12,14H,5-10H2,1-4H3;1H. The molecule has 1 heterocycles. The number of amides is 1. The van der Waals surface area contributed by atoms with Gasteiger partial charge in [-0.3, -0.25) is 9.69 Å². The van der Waals surface area contributed by atoms with Gasteiger partial charge in [-0.05, 0) is 53.2 Å². The number of carbonyl (C=O) groups excluding carboxylic acids is 1. The van der Waals surface area contributed by atoms with Gasteiger partial charge in [0.15, 0.2) is 0 Å². The van der Waals surface area contributed by atoms with Gasteiger partial charge in [-0.15, -0.1) is 12.4 Å². The molecule has 1 fully saturated rings. The number of halogens is 1. The summed E-state index contributed by atoms with van der Waals surface area (Å²) in [5, 5.41) is 3.40. The third-order valence-corrected chi connectivity index (χ3v) is 3.72. The highest BCUT2D eigenvalue weighted by atomic mass is 35.5. The lowest BCUT2D eigenvalue weighted by Crippen LogP contribution is -2.43. The van der Waals surface area contributed by atoms with Crippen LogP contribution in [0.3, 0.4) is 0 Å². The maximum Gasteiger partial charge on any atom is 0.236 e. The highest BCUT2D eigenvalue weighted by molar-refractivity contribution is 5.85. The molecule has 0 aromatic carbocycles. The average Bonchev–Trinajstić information content (AvgIpc) is 2.56. The van der Waals surface area contributed by atoms with Gasteiger partial charge in [-0.1, -0.05) is 0 Å². The van der Waals surface area contributed by atoms with E-state index in [1.807, 2.05) is 25.8 Å². The topological polar surface area (TPSA) is 35.6 Å². The van der Waals surface area contributed by atoms with Crippen LogP contribution < -0.4 is 5.32 Å². The molecule has 0 aromatic heterocycles. The number of likely N-dealkylation sites (N-methyl/N-ethyl adjacent to an activating group) is 2. The first-order chi connectivity index (χ1) is 8.02. The summed E-state index contributed by atoms with van der Waals surface area (Å²) in [6.45, 7) is 6.83. The second-order valence-corrected chi connectivity index (χ2v) is 5.35. The van der Waals surface area contributed by atoms with Gasteiger partial charge in [0.1, 0.15) is 0 Å². The van der Waals surface area contributed by atoms with Crippen LogP contribution in [-0.2, 0) is 4.79 Å². The van der Waals surface area contributed by atoms with Crippen molar-refractivity contribution in [2.24, 2.45) is 0 Å². The summed E-state index contributed by atoms with van der Waals surface area (Å²) >= 11 is 0. The quantitative estimate of drug-likeness (QED) is 0.843. The summed E-state index contributed by atoms with van der Waals surface area (Å²) < 4.78 is 0. The largest absolute Gasteiger partial charge is 0.342 e. The van der Waals surface area contributed by atoms with E-state index in [2.05, 4.69) is 17.3 Å². The number of carbonyl (C=O) groups is 1. The molecular formula is C13H28ClN3O. The van der Waals surface area contributed by atoms with Gasteiger partial charge in [0.25, 0.3) is 0 Å². The smallest absolute Gasteiger partial charge is 0.236 e. The van der Waals surface area contributed by atoms with E-state index in [1.54, 1.807) is 0 Å². The number of hydrogen-bond donors (Lipinski definition) is 1. The van der Waals surface area contributed by atoms with Crippen LogP contribution in [0.2, 0.25) is 0 Å². The number of rotatable bonds is 4. The Kier molecular flexibility index (Phi) is 8.57. The first-order valence-corrected chi connectivity index (χ1v) is 6.69. The minimum Gasteiger partial charge on any atom is -0.342 e. The van der Waals surface area contributed by atoms with Gasteiger partial charge in [0.2, 0.25) is 5.91 Å². The fraction of sp³-hybridized carbons (Fsp3) is 0.923. The highest BCUT2D eigenvalue weighted by Crippen LogP contribution is 2.11. The maximum absolute atomic E-state index is 12.0. The van der Waals surface area contributed by atoms with E-state index in [9.17, 15) is 4.79 Å². The molecule has 1 rings (SSSR count). The molecule has 1 N–H and O–H groups in total. The fourth-order valence-electron chi connectivity index (χ4n) is 2.18. The normalized spacial score (nSPS) is 20.4. The molecule has 1 aliphatic rings. The predicted octanol–water partition coefficient (Wildman–Crippen LogP) is 1.35. The van der Waals surface area contributed by atoms with Gasteiger partial charge in [0.05, 0.1) is 6.54 Å². The number of nitrogens with one attached hydrogen (secondary N) is 1. The van der Waals surface area contributed by atoms with Gasteiger partial charge >= 0.3 is 0 Å². The van der Waals surface area contributed by atoms with Crippen LogP contribution in [0.5, 0.6) is 0 Å². The Morgan fingerprint density at radius 3 is 2.56 bits per heavy atom. The first kappa shape index (κ1) is 17.7. The van der Waals surface area contributed by atoms with Crippen molar-refractivity contribution >= 4 is 18.3 Å². The Bertz CT molecular complexity index is 240. The van der Waals surface area contributed by atoms with Gasteiger partial charge in [0, 0.05) is 19.1 Å². The molecule has 0 aliphatic carbocycles. The van der Waals surface area contributed by atoms with E-state index in [1.165, 1.54) is 12.8 Å². The van der Waals surface area contributed by atoms with Crippen LogP contribution in [-0.4, -0.2) is 61.5 Å². The first-order valence-electron chi connectivity index (χ1n) is 6.69. The second kappa shape index (κ2) is 8.73. The van der Waals surface area contributed by atoms with Crippen LogP contribution >= 0.6 is 12.4 Å². The molecule has 1 aliphatic heterocycles. The Balaban J connectivity index is 0.00000289. The molecule has 0 radical (unpaired) electrons. The van der Waals surface area contributed by atoms with E-state index >= 15 is 0 Å². The third kappa shape index (κ3) is 5.55. The summed E-state index contributed by atoms with van der Waals surface area (Å²) in [5.74, 6) is 0.222. The molecule has 0 bridgehead atoms. The maximum atomic E-state index is 12.0. The van der Waals surface area contributed by atoms with Crippen molar-refractivity contribution in [3.8, 4) is 0 Å².